The van der Waals surface area contributed by atoms with Crippen LogP contribution in [0.4, 0.5) is 0 Å². The largest absolute Gasteiger partial charge is 0.256 e. The number of benzene rings is 2. The number of nitrogens with zero attached hydrogens (tertiary/aromatic N) is 2. The molecule has 0 aliphatic carbocycles. The van der Waals surface area contributed by atoms with Crippen LogP contribution in [0.3, 0.4) is 0 Å². The molecule has 1 saturated heterocycles. The minimum atomic E-state index is -3.35. The lowest BCUT2D eigenvalue weighted by Gasteiger charge is -2.15. The first-order valence-electron chi connectivity index (χ1n) is 8.10. The summed E-state index contributed by atoms with van der Waals surface area (Å²) in [6, 6.07) is 17.2. The molecule has 4 rings (SSSR count). The van der Waals surface area contributed by atoms with Crippen molar-refractivity contribution in [3.8, 4) is 11.1 Å². The highest BCUT2D eigenvalue weighted by Crippen LogP contribution is 2.26. The summed E-state index contributed by atoms with van der Waals surface area (Å²) in [5, 5.41) is 1.07. The van der Waals surface area contributed by atoms with Crippen LogP contribution in [0, 0.1) is 0 Å². The summed E-state index contributed by atoms with van der Waals surface area (Å²) < 4.78 is 26.7. The summed E-state index contributed by atoms with van der Waals surface area (Å²) >= 11 is 0. The SMILES string of the molecule is O=S(=O)(c1ccc(-c2ccc3ncccc3c2)cc1)N1CCCC1. The fourth-order valence-corrected chi connectivity index (χ4v) is 4.67. The van der Waals surface area contributed by atoms with E-state index < -0.39 is 10.0 Å². The van der Waals surface area contributed by atoms with E-state index in [0.717, 1.165) is 34.9 Å². The van der Waals surface area contributed by atoms with Gasteiger partial charge >= 0.3 is 0 Å². The van der Waals surface area contributed by atoms with Crippen LogP contribution in [-0.4, -0.2) is 30.8 Å². The highest BCUT2D eigenvalue weighted by atomic mass is 32.2. The van der Waals surface area contributed by atoms with Crippen molar-refractivity contribution in [2.75, 3.05) is 13.1 Å². The van der Waals surface area contributed by atoms with Crippen molar-refractivity contribution in [2.24, 2.45) is 0 Å². The second-order valence-corrected chi connectivity index (χ2v) is 7.98. The second kappa shape index (κ2) is 6.00. The Kier molecular flexibility index (Phi) is 3.82. The molecule has 0 saturated carbocycles. The summed E-state index contributed by atoms with van der Waals surface area (Å²) in [5.74, 6) is 0. The smallest absolute Gasteiger partial charge is 0.243 e. The molecule has 0 amide bonds. The van der Waals surface area contributed by atoms with E-state index >= 15 is 0 Å². The Morgan fingerprint density at radius 3 is 2.33 bits per heavy atom. The normalized spacial score (nSPS) is 15.8. The molecule has 1 fully saturated rings. The maximum Gasteiger partial charge on any atom is 0.243 e. The number of fused-ring (bicyclic) bond motifs is 1. The van der Waals surface area contributed by atoms with E-state index in [4.69, 9.17) is 0 Å². The number of hydrogen-bond donors (Lipinski definition) is 0. The first-order valence-corrected chi connectivity index (χ1v) is 9.54. The third kappa shape index (κ3) is 2.70. The monoisotopic (exact) mass is 338 g/mol. The zero-order valence-electron chi connectivity index (χ0n) is 13.2. The molecule has 0 bridgehead atoms. The molecule has 1 aliphatic heterocycles. The van der Waals surface area contributed by atoms with E-state index in [2.05, 4.69) is 11.1 Å². The lowest BCUT2D eigenvalue weighted by atomic mass is 10.0. The lowest BCUT2D eigenvalue weighted by molar-refractivity contribution is 0.477. The van der Waals surface area contributed by atoms with Crippen LogP contribution in [0.15, 0.2) is 65.7 Å². The maximum absolute atomic E-state index is 12.6. The Hall–Kier alpha value is -2.24. The fourth-order valence-electron chi connectivity index (χ4n) is 3.15. The summed E-state index contributed by atoms with van der Waals surface area (Å²) in [6.07, 6.45) is 3.67. The topological polar surface area (TPSA) is 50.3 Å². The molecule has 0 spiro atoms. The van der Waals surface area contributed by atoms with Crippen molar-refractivity contribution in [1.82, 2.24) is 9.29 Å². The molecule has 4 nitrogen and oxygen atoms in total. The van der Waals surface area contributed by atoms with Crippen molar-refractivity contribution >= 4 is 20.9 Å². The Balaban J connectivity index is 1.67. The van der Waals surface area contributed by atoms with E-state index in [0.29, 0.717) is 18.0 Å². The Morgan fingerprint density at radius 2 is 1.58 bits per heavy atom. The second-order valence-electron chi connectivity index (χ2n) is 6.05. The number of sulfonamides is 1. The number of pyridine rings is 1. The van der Waals surface area contributed by atoms with Gasteiger partial charge in [-0.05, 0) is 54.3 Å². The van der Waals surface area contributed by atoms with Gasteiger partial charge in [0.1, 0.15) is 0 Å². The van der Waals surface area contributed by atoms with Gasteiger partial charge in [0.05, 0.1) is 10.4 Å². The molecule has 0 N–H and O–H groups in total. The lowest BCUT2D eigenvalue weighted by Crippen LogP contribution is -2.27. The maximum atomic E-state index is 12.6. The van der Waals surface area contributed by atoms with E-state index in [1.807, 2.05) is 36.4 Å². The van der Waals surface area contributed by atoms with Gasteiger partial charge in [-0.15, -0.1) is 0 Å². The average molecular weight is 338 g/mol. The Labute approximate surface area is 141 Å². The van der Waals surface area contributed by atoms with Gasteiger partial charge in [-0.2, -0.15) is 4.31 Å². The third-order valence-corrected chi connectivity index (χ3v) is 6.41. The Bertz CT molecular complexity index is 976. The Morgan fingerprint density at radius 1 is 0.875 bits per heavy atom. The highest BCUT2D eigenvalue weighted by molar-refractivity contribution is 7.89. The minimum absolute atomic E-state index is 0.371. The standard InChI is InChI=1S/C19H18N2O2S/c22-24(23,21-12-1-2-13-21)18-8-5-15(6-9-18)16-7-10-19-17(14-16)4-3-11-20-19/h3-11,14H,1-2,12-13H2. The zero-order valence-corrected chi connectivity index (χ0v) is 14.0. The van der Waals surface area contributed by atoms with Crippen LogP contribution in [0.5, 0.6) is 0 Å². The summed E-state index contributed by atoms with van der Waals surface area (Å²) in [7, 11) is -3.35. The summed E-state index contributed by atoms with van der Waals surface area (Å²) in [5.41, 5.74) is 3.01. The number of rotatable bonds is 3. The van der Waals surface area contributed by atoms with E-state index in [-0.39, 0.29) is 0 Å². The molecule has 5 heteroatoms. The predicted molar refractivity (Wildman–Crippen MR) is 95.2 cm³/mol. The van der Waals surface area contributed by atoms with Gasteiger partial charge in [0.15, 0.2) is 0 Å². The van der Waals surface area contributed by atoms with Crippen molar-refractivity contribution in [1.29, 1.82) is 0 Å². The van der Waals surface area contributed by atoms with Crippen LogP contribution in [-0.2, 0) is 10.0 Å². The van der Waals surface area contributed by atoms with Gasteiger partial charge < -0.3 is 0 Å². The first-order chi connectivity index (χ1) is 11.6. The summed E-state index contributed by atoms with van der Waals surface area (Å²) in [4.78, 5) is 4.69. The van der Waals surface area contributed by atoms with Gasteiger partial charge in [-0.3, -0.25) is 4.98 Å². The van der Waals surface area contributed by atoms with Crippen LogP contribution in [0.2, 0.25) is 0 Å². The van der Waals surface area contributed by atoms with Crippen molar-refractivity contribution in [3.05, 3.63) is 60.8 Å². The van der Waals surface area contributed by atoms with E-state index in [1.54, 1.807) is 22.6 Å². The van der Waals surface area contributed by atoms with Gasteiger partial charge in [0.25, 0.3) is 0 Å². The van der Waals surface area contributed by atoms with Crippen molar-refractivity contribution < 1.29 is 8.42 Å². The van der Waals surface area contributed by atoms with Crippen LogP contribution >= 0.6 is 0 Å². The third-order valence-electron chi connectivity index (χ3n) is 4.49. The molecule has 0 atom stereocenters. The predicted octanol–water partition coefficient (Wildman–Crippen LogP) is 3.69. The van der Waals surface area contributed by atoms with Gasteiger partial charge in [0, 0.05) is 24.7 Å². The first kappa shape index (κ1) is 15.3. The van der Waals surface area contributed by atoms with Crippen LogP contribution in [0.1, 0.15) is 12.8 Å². The molecule has 0 unspecified atom stereocenters. The number of aromatic nitrogens is 1. The molecule has 24 heavy (non-hydrogen) atoms. The minimum Gasteiger partial charge on any atom is -0.256 e. The zero-order chi connectivity index (χ0) is 16.6. The molecule has 3 aromatic rings. The summed E-state index contributed by atoms with van der Waals surface area (Å²) in [6.45, 7) is 1.25. The van der Waals surface area contributed by atoms with Crippen LogP contribution < -0.4 is 0 Å². The average Bonchev–Trinajstić information content (AvgIpc) is 3.17. The van der Waals surface area contributed by atoms with Crippen molar-refractivity contribution in [2.45, 2.75) is 17.7 Å². The number of hydrogen-bond acceptors (Lipinski definition) is 3. The van der Waals surface area contributed by atoms with E-state index in [1.165, 1.54) is 0 Å². The quantitative estimate of drug-likeness (QED) is 0.732. The molecular weight excluding hydrogens is 320 g/mol. The van der Waals surface area contributed by atoms with Crippen molar-refractivity contribution in [3.63, 3.8) is 0 Å². The highest BCUT2D eigenvalue weighted by Gasteiger charge is 2.26. The van der Waals surface area contributed by atoms with Gasteiger partial charge in [0.2, 0.25) is 10.0 Å². The molecule has 2 heterocycles. The molecule has 1 aliphatic rings. The van der Waals surface area contributed by atoms with E-state index in [9.17, 15) is 8.42 Å². The fraction of sp³-hybridized carbons (Fsp3) is 0.211. The van der Waals surface area contributed by atoms with Gasteiger partial charge in [-0.1, -0.05) is 24.3 Å². The molecule has 2 aromatic carbocycles. The molecule has 0 radical (unpaired) electrons. The van der Waals surface area contributed by atoms with Crippen LogP contribution in [0.25, 0.3) is 22.0 Å². The van der Waals surface area contributed by atoms with Gasteiger partial charge in [-0.25, -0.2) is 8.42 Å². The molecular formula is C19H18N2O2S. The molecule has 1 aromatic heterocycles. The molecule has 122 valence electrons.